The van der Waals surface area contributed by atoms with Gasteiger partial charge in [0.2, 0.25) is 0 Å². The van der Waals surface area contributed by atoms with Crippen LogP contribution >= 0.6 is 0 Å². The molecule has 0 unspecified atom stereocenters. The molecule has 0 saturated heterocycles. The van der Waals surface area contributed by atoms with Gasteiger partial charge in [0, 0.05) is 11.1 Å². The number of nitrogens with zero attached hydrogens (tertiary/aromatic N) is 1. The molecule has 0 saturated carbocycles. The van der Waals surface area contributed by atoms with Crippen molar-refractivity contribution < 1.29 is 13.0 Å². The molecule has 0 aliphatic carbocycles. The van der Waals surface area contributed by atoms with E-state index in [1.165, 1.54) is 6.20 Å². The Hall–Kier alpha value is -1.80. The molecule has 80 valence electrons. The lowest BCUT2D eigenvalue weighted by molar-refractivity contribution is 0.484. The maximum Gasteiger partial charge on any atom is 0.296 e. The van der Waals surface area contributed by atoms with Crippen molar-refractivity contribution in [3.63, 3.8) is 0 Å². The summed E-state index contributed by atoms with van der Waals surface area (Å²) >= 11 is 0. The molecule has 8 heteroatoms. The lowest BCUT2D eigenvalue weighted by Gasteiger charge is -2.05. The largest absolute Gasteiger partial charge is 0.398 e. The zero-order chi connectivity index (χ0) is 11.2. The second-order valence-electron chi connectivity index (χ2n) is 3.01. The first-order chi connectivity index (χ1) is 6.91. The van der Waals surface area contributed by atoms with E-state index < -0.39 is 15.0 Å². The van der Waals surface area contributed by atoms with Crippen molar-refractivity contribution in [1.82, 2.24) is 10.2 Å². The predicted octanol–water partition coefficient (Wildman–Crippen LogP) is -0.0260. The number of hydrogen-bond acceptors (Lipinski definition) is 5. The van der Waals surface area contributed by atoms with Gasteiger partial charge in [-0.3, -0.25) is 9.65 Å². The fourth-order valence-electron chi connectivity index (χ4n) is 1.34. The maximum absolute atomic E-state index is 11.0. The van der Waals surface area contributed by atoms with Crippen LogP contribution in [0.25, 0.3) is 10.9 Å². The van der Waals surface area contributed by atoms with E-state index in [1.807, 2.05) is 0 Å². The van der Waals surface area contributed by atoms with Gasteiger partial charge < -0.3 is 11.5 Å². The summed E-state index contributed by atoms with van der Waals surface area (Å²) in [6, 6.07) is 1.10. The number of H-pyrrole nitrogens is 1. The normalized spacial score (nSPS) is 12.1. The molecule has 1 heterocycles. The number of nitrogens with two attached hydrogens (primary N) is 2. The average molecular weight is 228 g/mol. The Bertz CT molecular complexity index is 631. The van der Waals surface area contributed by atoms with Gasteiger partial charge in [-0.2, -0.15) is 13.5 Å². The van der Waals surface area contributed by atoms with E-state index in [0.717, 1.165) is 6.07 Å². The summed E-state index contributed by atoms with van der Waals surface area (Å²) in [5, 5.41) is 6.71. The number of nitrogen functional groups attached to an aromatic ring is 2. The van der Waals surface area contributed by atoms with Crippen molar-refractivity contribution in [3.8, 4) is 0 Å². The van der Waals surface area contributed by atoms with Gasteiger partial charge in [-0.15, -0.1) is 0 Å². The summed E-state index contributed by atoms with van der Waals surface area (Å²) in [7, 11) is -4.38. The van der Waals surface area contributed by atoms with Crippen LogP contribution in [0.3, 0.4) is 0 Å². The number of rotatable bonds is 1. The van der Waals surface area contributed by atoms with Crippen molar-refractivity contribution >= 4 is 32.4 Å². The molecule has 15 heavy (non-hydrogen) atoms. The molecule has 0 atom stereocenters. The number of anilines is 2. The van der Waals surface area contributed by atoms with Crippen LogP contribution in [0.4, 0.5) is 11.4 Å². The summed E-state index contributed by atoms with van der Waals surface area (Å²) < 4.78 is 30.8. The molecule has 0 fully saturated rings. The van der Waals surface area contributed by atoms with Crippen LogP contribution in [0.1, 0.15) is 0 Å². The third kappa shape index (κ3) is 1.39. The van der Waals surface area contributed by atoms with E-state index >= 15 is 0 Å². The van der Waals surface area contributed by atoms with Crippen molar-refractivity contribution in [2.45, 2.75) is 4.90 Å². The van der Waals surface area contributed by atoms with E-state index in [0.29, 0.717) is 10.9 Å². The van der Waals surface area contributed by atoms with Gasteiger partial charge in [-0.25, -0.2) is 0 Å². The number of hydrogen-bond donors (Lipinski definition) is 4. The van der Waals surface area contributed by atoms with Crippen LogP contribution in [0.2, 0.25) is 0 Å². The van der Waals surface area contributed by atoms with Gasteiger partial charge in [-0.05, 0) is 6.07 Å². The molecule has 2 rings (SSSR count). The Balaban J connectivity index is 2.95. The van der Waals surface area contributed by atoms with Crippen LogP contribution < -0.4 is 11.5 Å². The molecule has 0 aliphatic rings. The zero-order valence-corrected chi connectivity index (χ0v) is 8.25. The van der Waals surface area contributed by atoms with Gasteiger partial charge >= 0.3 is 0 Å². The third-order valence-electron chi connectivity index (χ3n) is 2.05. The van der Waals surface area contributed by atoms with Gasteiger partial charge in [0.05, 0.1) is 17.4 Å². The van der Waals surface area contributed by atoms with Crippen LogP contribution in [0, 0.1) is 0 Å². The van der Waals surface area contributed by atoms with Crippen molar-refractivity contribution in [2.24, 2.45) is 0 Å². The second-order valence-corrected chi connectivity index (χ2v) is 4.40. The molecule has 1 aromatic carbocycles. The standard InChI is InChI=1S/C7H8N4O3S/c8-4-1-5(15(12,13)14)6(9)7-3(4)2-10-11-7/h1-2H,8-9H2,(H,10,11)(H,12,13,14). The molecular formula is C7H8N4O3S. The molecule has 1 aromatic heterocycles. The fourth-order valence-corrected chi connectivity index (χ4v) is 2.00. The summed E-state index contributed by atoms with van der Waals surface area (Å²) in [5.74, 6) is 0. The number of aromatic amines is 1. The Labute approximate surface area is 84.8 Å². The topological polar surface area (TPSA) is 135 Å². The second kappa shape index (κ2) is 2.84. The maximum atomic E-state index is 11.0. The minimum absolute atomic E-state index is 0.0980. The molecular weight excluding hydrogens is 220 g/mol. The highest BCUT2D eigenvalue weighted by Crippen LogP contribution is 2.30. The first-order valence-electron chi connectivity index (χ1n) is 3.90. The quantitative estimate of drug-likeness (QED) is 0.400. The molecule has 2 aromatic rings. The number of nitrogens with one attached hydrogen (secondary N) is 1. The highest BCUT2D eigenvalue weighted by atomic mass is 32.2. The number of fused-ring (bicyclic) bond motifs is 1. The van der Waals surface area contributed by atoms with E-state index in [1.54, 1.807) is 0 Å². The predicted molar refractivity (Wildman–Crippen MR) is 54.7 cm³/mol. The Morgan fingerprint density at radius 1 is 1.40 bits per heavy atom. The highest BCUT2D eigenvalue weighted by Gasteiger charge is 2.18. The molecule has 7 nitrogen and oxygen atoms in total. The molecule has 6 N–H and O–H groups in total. The molecule has 0 spiro atoms. The van der Waals surface area contributed by atoms with Crippen LogP contribution in [-0.2, 0) is 10.1 Å². The Kier molecular flexibility index (Phi) is 1.85. The Morgan fingerprint density at radius 3 is 2.67 bits per heavy atom. The van der Waals surface area contributed by atoms with Gasteiger partial charge in [0.1, 0.15) is 4.90 Å². The van der Waals surface area contributed by atoms with Crippen molar-refractivity contribution in [3.05, 3.63) is 12.3 Å². The highest BCUT2D eigenvalue weighted by molar-refractivity contribution is 7.86. The lowest BCUT2D eigenvalue weighted by atomic mass is 10.2. The SMILES string of the molecule is Nc1cc(S(=O)(=O)O)c(N)c2[nH]ncc12. The molecule has 0 bridgehead atoms. The van der Waals surface area contributed by atoms with Crippen LogP contribution in [-0.4, -0.2) is 23.2 Å². The number of benzene rings is 1. The molecule has 0 amide bonds. The minimum atomic E-state index is -4.38. The summed E-state index contributed by atoms with van der Waals surface area (Å²) in [6.45, 7) is 0. The first-order valence-corrected chi connectivity index (χ1v) is 5.34. The zero-order valence-electron chi connectivity index (χ0n) is 7.43. The third-order valence-corrected chi connectivity index (χ3v) is 2.94. The number of aromatic nitrogens is 2. The van der Waals surface area contributed by atoms with Gasteiger partial charge in [0.15, 0.2) is 0 Å². The van der Waals surface area contributed by atoms with E-state index in [2.05, 4.69) is 10.2 Å². The minimum Gasteiger partial charge on any atom is -0.398 e. The summed E-state index contributed by atoms with van der Waals surface area (Å²) in [4.78, 5) is -0.420. The monoisotopic (exact) mass is 228 g/mol. The van der Waals surface area contributed by atoms with Crippen LogP contribution in [0.5, 0.6) is 0 Å². The fraction of sp³-hybridized carbons (Fsp3) is 0. The average Bonchev–Trinajstić information content (AvgIpc) is 2.58. The van der Waals surface area contributed by atoms with E-state index in [9.17, 15) is 8.42 Å². The summed E-state index contributed by atoms with van der Waals surface area (Å²) in [6.07, 6.45) is 1.43. The molecule has 0 radical (unpaired) electrons. The van der Waals surface area contributed by atoms with Crippen molar-refractivity contribution in [1.29, 1.82) is 0 Å². The van der Waals surface area contributed by atoms with E-state index in [-0.39, 0.29) is 11.4 Å². The lowest BCUT2D eigenvalue weighted by Crippen LogP contribution is -2.05. The van der Waals surface area contributed by atoms with Crippen LogP contribution in [0.15, 0.2) is 17.2 Å². The van der Waals surface area contributed by atoms with E-state index in [4.69, 9.17) is 16.0 Å². The van der Waals surface area contributed by atoms with Gasteiger partial charge in [0.25, 0.3) is 10.1 Å². The first kappa shape index (κ1) is 9.74. The van der Waals surface area contributed by atoms with Crippen molar-refractivity contribution in [2.75, 3.05) is 11.5 Å². The summed E-state index contributed by atoms with van der Waals surface area (Å²) in [5.41, 5.74) is 11.5. The molecule has 0 aliphatic heterocycles. The van der Waals surface area contributed by atoms with Gasteiger partial charge in [-0.1, -0.05) is 0 Å². The Morgan fingerprint density at radius 2 is 2.07 bits per heavy atom. The smallest absolute Gasteiger partial charge is 0.296 e.